The lowest BCUT2D eigenvalue weighted by Gasteiger charge is -2.10. The molecule has 5 heteroatoms. The Morgan fingerprint density at radius 2 is 1.62 bits per heavy atom. The van der Waals surface area contributed by atoms with Crippen LogP contribution in [0.25, 0.3) is 16.8 Å². The number of rotatable bonds is 5. The van der Waals surface area contributed by atoms with Gasteiger partial charge in [-0.3, -0.25) is 0 Å². The molecule has 0 N–H and O–H groups in total. The van der Waals surface area contributed by atoms with Gasteiger partial charge in [-0.1, -0.05) is 43.0 Å². The highest BCUT2D eigenvalue weighted by atomic mass is 32.2. The second-order valence-electron chi connectivity index (χ2n) is 5.36. The van der Waals surface area contributed by atoms with Crippen LogP contribution in [-0.2, 0) is 16.7 Å². The van der Waals surface area contributed by atoms with Gasteiger partial charge in [-0.25, -0.2) is 8.42 Å². The highest BCUT2D eigenvalue weighted by Gasteiger charge is 2.03. The maximum Gasteiger partial charge on any atom is 0.124 e. The van der Waals surface area contributed by atoms with Gasteiger partial charge in [0.05, 0.1) is 4.90 Å². The molecule has 3 aromatic rings. The van der Waals surface area contributed by atoms with E-state index in [1.807, 2.05) is 36.4 Å². The number of benzene rings is 3. The van der Waals surface area contributed by atoms with Crippen LogP contribution in [-0.4, -0.2) is 13.0 Å². The molecule has 0 saturated heterocycles. The minimum absolute atomic E-state index is 0.241. The Morgan fingerprint density at radius 3 is 2.29 bits per heavy atom. The van der Waals surface area contributed by atoms with Gasteiger partial charge in [0.1, 0.15) is 22.5 Å². The lowest BCUT2D eigenvalue weighted by molar-refractivity contribution is 0.306. The minimum atomic E-state index is -4.41. The van der Waals surface area contributed by atoms with Crippen LogP contribution in [0.3, 0.4) is 0 Å². The summed E-state index contributed by atoms with van der Waals surface area (Å²) in [6, 6.07) is 17.6. The molecule has 0 aliphatic carbocycles. The minimum Gasteiger partial charge on any atom is -0.744 e. The summed E-state index contributed by atoms with van der Waals surface area (Å²) in [5.74, 6) is 0.717. The van der Waals surface area contributed by atoms with Crippen molar-refractivity contribution in [3.8, 4) is 5.75 Å². The van der Waals surface area contributed by atoms with Gasteiger partial charge >= 0.3 is 0 Å². The molecule has 4 nitrogen and oxygen atoms in total. The van der Waals surface area contributed by atoms with Crippen molar-refractivity contribution in [1.82, 2.24) is 0 Å². The van der Waals surface area contributed by atoms with Crippen LogP contribution in [0.4, 0.5) is 0 Å². The molecule has 0 radical (unpaired) electrons. The molecule has 0 fully saturated rings. The van der Waals surface area contributed by atoms with Crippen molar-refractivity contribution in [3.05, 3.63) is 78.4 Å². The van der Waals surface area contributed by atoms with Crippen molar-refractivity contribution in [1.29, 1.82) is 0 Å². The second kappa shape index (κ2) is 6.47. The number of fused-ring (bicyclic) bond motifs is 1. The van der Waals surface area contributed by atoms with E-state index in [2.05, 4.69) is 6.58 Å². The molecule has 0 aromatic heterocycles. The molecule has 0 unspecified atom stereocenters. The summed E-state index contributed by atoms with van der Waals surface area (Å²) in [6.07, 6.45) is 1.80. The number of hydrogen-bond donors (Lipinski definition) is 0. The fraction of sp³-hybridized carbons (Fsp3) is 0.0526. The van der Waals surface area contributed by atoms with Crippen LogP contribution in [0.1, 0.15) is 11.1 Å². The van der Waals surface area contributed by atoms with Gasteiger partial charge in [-0.15, -0.1) is 0 Å². The van der Waals surface area contributed by atoms with Gasteiger partial charge in [0.2, 0.25) is 0 Å². The van der Waals surface area contributed by atoms with E-state index < -0.39 is 10.1 Å². The van der Waals surface area contributed by atoms with Gasteiger partial charge in [0, 0.05) is 0 Å². The molecule has 0 bridgehead atoms. The van der Waals surface area contributed by atoms with E-state index in [0.29, 0.717) is 0 Å². The third-order valence-electron chi connectivity index (χ3n) is 3.69. The fourth-order valence-corrected chi connectivity index (χ4v) is 2.85. The summed E-state index contributed by atoms with van der Waals surface area (Å²) < 4.78 is 38.4. The Morgan fingerprint density at radius 1 is 0.958 bits per heavy atom. The molecule has 0 amide bonds. The number of hydrogen-bond acceptors (Lipinski definition) is 4. The Hall–Kier alpha value is -2.63. The molecule has 122 valence electrons. The largest absolute Gasteiger partial charge is 0.744 e. The lowest BCUT2D eigenvalue weighted by atomic mass is 10.1. The van der Waals surface area contributed by atoms with Crippen molar-refractivity contribution in [2.45, 2.75) is 11.5 Å². The third kappa shape index (κ3) is 3.64. The second-order valence-corrected chi connectivity index (χ2v) is 6.74. The first kappa shape index (κ1) is 16.2. The first-order valence-corrected chi connectivity index (χ1v) is 8.70. The Labute approximate surface area is 140 Å². The van der Waals surface area contributed by atoms with Crippen molar-refractivity contribution in [3.63, 3.8) is 0 Å². The first-order chi connectivity index (χ1) is 11.5. The van der Waals surface area contributed by atoms with Crippen molar-refractivity contribution < 1.29 is 17.7 Å². The summed E-state index contributed by atoms with van der Waals surface area (Å²) in [5, 5.41) is 2.16. The van der Waals surface area contributed by atoms with E-state index in [-0.39, 0.29) is 11.5 Å². The van der Waals surface area contributed by atoms with E-state index in [1.54, 1.807) is 18.2 Å². The van der Waals surface area contributed by atoms with E-state index in [0.717, 1.165) is 27.6 Å². The Bertz CT molecular complexity index is 990. The quantitative estimate of drug-likeness (QED) is 0.660. The van der Waals surface area contributed by atoms with Crippen LogP contribution in [0, 0.1) is 0 Å². The standard InChI is InChI=1S/C19H16O4S/c1-2-14-3-6-17-12-18(8-7-16(17)11-14)23-13-15-4-9-19(10-5-15)24(20,21)22/h2-12H,1,13H2,(H,20,21,22)/p-1. The van der Waals surface area contributed by atoms with Gasteiger partial charge in [-0.05, 0) is 52.2 Å². The monoisotopic (exact) mass is 339 g/mol. The van der Waals surface area contributed by atoms with Gasteiger partial charge in [0.25, 0.3) is 0 Å². The van der Waals surface area contributed by atoms with Crippen molar-refractivity contribution in [2.75, 3.05) is 0 Å². The SMILES string of the molecule is C=Cc1ccc2cc(OCc3ccc(S(=O)(=O)[O-])cc3)ccc2c1. The smallest absolute Gasteiger partial charge is 0.124 e. The molecule has 0 aliphatic rings. The predicted molar refractivity (Wildman–Crippen MR) is 92.8 cm³/mol. The summed E-state index contributed by atoms with van der Waals surface area (Å²) >= 11 is 0. The highest BCUT2D eigenvalue weighted by molar-refractivity contribution is 7.85. The van der Waals surface area contributed by atoms with Gasteiger partial charge in [0.15, 0.2) is 0 Å². The maximum absolute atomic E-state index is 10.9. The van der Waals surface area contributed by atoms with Crippen LogP contribution in [0.2, 0.25) is 0 Å². The molecule has 0 heterocycles. The highest BCUT2D eigenvalue weighted by Crippen LogP contribution is 2.23. The van der Waals surface area contributed by atoms with E-state index in [4.69, 9.17) is 4.74 Å². The molecular formula is C19H15O4S-. The zero-order chi connectivity index (χ0) is 17.2. The van der Waals surface area contributed by atoms with E-state index in [9.17, 15) is 13.0 Å². The van der Waals surface area contributed by atoms with Crippen LogP contribution in [0.15, 0.2) is 72.1 Å². The van der Waals surface area contributed by atoms with Crippen molar-refractivity contribution in [2.24, 2.45) is 0 Å². The van der Waals surface area contributed by atoms with Crippen molar-refractivity contribution >= 4 is 27.0 Å². The fourth-order valence-electron chi connectivity index (χ4n) is 2.38. The molecule has 0 spiro atoms. The maximum atomic E-state index is 10.9. The normalized spacial score (nSPS) is 11.4. The zero-order valence-electron chi connectivity index (χ0n) is 12.8. The van der Waals surface area contributed by atoms with E-state index >= 15 is 0 Å². The average molecular weight is 339 g/mol. The average Bonchev–Trinajstić information content (AvgIpc) is 2.59. The Balaban J connectivity index is 1.74. The third-order valence-corrected chi connectivity index (χ3v) is 4.54. The van der Waals surface area contributed by atoms with Crippen LogP contribution >= 0.6 is 0 Å². The first-order valence-electron chi connectivity index (χ1n) is 7.29. The topological polar surface area (TPSA) is 66.4 Å². The molecule has 0 saturated carbocycles. The molecule has 0 aliphatic heterocycles. The summed E-state index contributed by atoms with van der Waals surface area (Å²) in [4.78, 5) is -0.241. The molecular weight excluding hydrogens is 324 g/mol. The molecule has 3 rings (SSSR count). The molecule has 0 atom stereocenters. The van der Waals surface area contributed by atoms with Crippen LogP contribution < -0.4 is 4.74 Å². The van der Waals surface area contributed by atoms with Gasteiger partial charge in [-0.2, -0.15) is 0 Å². The lowest BCUT2D eigenvalue weighted by Crippen LogP contribution is -2.00. The summed E-state index contributed by atoms with van der Waals surface area (Å²) in [5.41, 5.74) is 1.84. The zero-order valence-corrected chi connectivity index (χ0v) is 13.6. The Kier molecular flexibility index (Phi) is 4.38. The number of ether oxygens (including phenoxy) is 1. The summed E-state index contributed by atoms with van der Waals surface area (Å²) in [7, 11) is -4.41. The summed E-state index contributed by atoms with van der Waals surface area (Å²) in [6.45, 7) is 4.04. The van der Waals surface area contributed by atoms with Crippen LogP contribution in [0.5, 0.6) is 5.75 Å². The van der Waals surface area contributed by atoms with E-state index in [1.165, 1.54) is 12.1 Å². The molecule has 3 aromatic carbocycles. The molecule has 24 heavy (non-hydrogen) atoms. The van der Waals surface area contributed by atoms with Gasteiger partial charge < -0.3 is 9.29 Å². The predicted octanol–water partition coefficient (Wildman–Crippen LogP) is 3.97.